The molecular weight excluding hydrogens is 226 g/mol. The Morgan fingerprint density at radius 1 is 1.11 bits per heavy atom. The molecule has 1 aromatic heterocycles. The van der Waals surface area contributed by atoms with E-state index in [0.717, 1.165) is 25.2 Å². The van der Waals surface area contributed by atoms with Gasteiger partial charge in [0.05, 0.1) is 12.3 Å². The predicted octanol–water partition coefficient (Wildman–Crippen LogP) is 1.69. The molecule has 0 aliphatic heterocycles. The Hall–Kier alpha value is -1.65. The van der Waals surface area contributed by atoms with E-state index in [0.29, 0.717) is 0 Å². The average molecular weight is 245 g/mol. The molecule has 0 unspecified atom stereocenters. The van der Waals surface area contributed by atoms with Gasteiger partial charge >= 0.3 is 0 Å². The summed E-state index contributed by atoms with van der Waals surface area (Å²) in [6.07, 6.45) is 1.83. The standard InChI is InChI=1S/C14H19N3O/c1-2-17-14(7-8-16-17)10-15-9-12-3-5-13(11-18)6-4-12/h3-8,15,18H,2,9-11H2,1H3. The smallest absolute Gasteiger partial charge is 0.0681 e. The van der Waals surface area contributed by atoms with Crippen LogP contribution >= 0.6 is 0 Å². The fourth-order valence-electron chi connectivity index (χ4n) is 1.89. The minimum absolute atomic E-state index is 0.101. The number of hydrogen-bond donors (Lipinski definition) is 2. The molecule has 0 fully saturated rings. The van der Waals surface area contributed by atoms with Gasteiger partial charge in [0.2, 0.25) is 0 Å². The number of aromatic nitrogens is 2. The molecule has 4 nitrogen and oxygen atoms in total. The highest BCUT2D eigenvalue weighted by Gasteiger charge is 2.00. The van der Waals surface area contributed by atoms with Crippen LogP contribution in [0.25, 0.3) is 0 Å². The van der Waals surface area contributed by atoms with Crippen molar-refractivity contribution in [2.75, 3.05) is 0 Å². The number of aliphatic hydroxyl groups excluding tert-OH is 1. The molecule has 0 spiro atoms. The number of nitrogens with zero attached hydrogens (tertiary/aromatic N) is 2. The summed E-state index contributed by atoms with van der Waals surface area (Å²) in [6.45, 7) is 4.72. The van der Waals surface area contributed by atoms with Crippen molar-refractivity contribution in [1.29, 1.82) is 0 Å². The molecule has 0 aliphatic carbocycles. The van der Waals surface area contributed by atoms with E-state index in [-0.39, 0.29) is 6.61 Å². The van der Waals surface area contributed by atoms with Gasteiger partial charge < -0.3 is 10.4 Å². The fraction of sp³-hybridized carbons (Fsp3) is 0.357. The molecule has 0 atom stereocenters. The van der Waals surface area contributed by atoms with E-state index in [1.165, 1.54) is 11.3 Å². The highest BCUT2D eigenvalue weighted by Crippen LogP contribution is 2.05. The molecule has 96 valence electrons. The molecule has 0 radical (unpaired) electrons. The van der Waals surface area contributed by atoms with Crippen molar-refractivity contribution in [2.45, 2.75) is 33.2 Å². The molecule has 2 rings (SSSR count). The second-order valence-corrected chi connectivity index (χ2v) is 4.22. The van der Waals surface area contributed by atoms with Crippen molar-refractivity contribution >= 4 is 0 Å². The van der Waals surface area contributed by atoms with Crippen molar-refractivity contribution in [3.63, 3.8) is 0 Å². The third kappa shape index (κ3) is 3.18. The van der Waals surface area contributed by atoms with Crippen LogP contribution in [-0.2, 0) is 26.2 Å². The topological polar surface area (TPSA) is 50.1 Å². The number of rotatable bonds is 6. The van der Waals surface area contributed by atoms with Crippen LogP contribution in [0.1, 0.15) is 23.7 Å². The monoisotopic (exact) mass is 245 g/mol. The lowest BCUT2D eigenvalue weighted by Crippen LogP contribution is -2.16. The summed E-state index contributed by atoms with van der Waals surface area (Å²) < 4.78 is 1.99. The Morgan fingerprint density at radius 3 is 2.50 bits per heavy atom. The molecule has 1 aromatic carbocycles. The molecular formula is C14H19N3O. The van der Waals surface area contributed by atoms with Crippen LogP contribution in [0, 0.1) is 0 Å². The normalized spacial score (nSPS) is 10.8. The summed E-state index contributed by atoms with van der Waals surface area (Å²) >= 11 is 0. The molecule has 2 aromatic rings. The van der Waals surface area contributed by atoms with E-state index < -0.39 is 0 Å². The number of aryl methyl sites for hydroxylation is 1. The summed E-state index contributed by atoms with van der Waals surface area (Å²) in [5.41, 5.74) is 3.36. The minimum Gasteiger partial charge on any atom is -0.392 e. The van der Waals surface area contributed by atoms with E-state index in [4.69, 9.17) is 5.11 Å². The number of aliphatic hydroxyl groups is 1. The maximum atomic E-state index is 8.96. The first-order valence-electron chi connectivity index (χ1n) is 6.23. The Bertz CT molecular complexity index is 476. The zero-order valence-corrected chi connectivity index (χ0v) is 10.6. The maximum Gasteiger partial charge on any atom is 0.0681 e. The van der Waals surface area contributed by atoms with E-state index in [1.807, 2.05) is 41.2 Å². The first-order valence-corrected chi connectivity index (χ1v) is 6.23. The van der Waals surface area contributed by atoms with Gasteiger partial charge in [0.25, 0.3) is 0 Å². The summed E-state index contributed by atoms with van der Waals surface area (Å²) in [7, 11) is 0. The van der Waals surface area contributed by atoms with E-state index in [9.17, 15) is 0 Å². The van der Waals surface area contributed by atoms with Gasteiger partial charge in [-0.2, -0.15) is 5.10 Å². The zero-order valence-electron chi connectivity index (χ0n) is 10.6. The van der Waals surface area contributed by atoms with Gasteiger partial charge in [0.15, 0.2) is 0 Å². The Labute approximate surface area is 107 Å². The van der Waals surface area contributed by atoms with Gasteiger partial charge in [-0.15, -0.1) is 0 Å². The SMILES string of the molecule is CCn1nccc1CNCc1ccc(CO)cc1. The second-order valence-electron chi connectivity index (χ2n) is 4.22. The zero-order chi connectivity index (χ0) is 12.8. The lowest BCUT2D eigenvalue weighted by atomic mass is 10.1. The Kier molecular flexibility index (Phi) is 4.50. The number of hydrogen-bond acceptors (Lipinski definition) is 3. The summed E-state index contributed by atoms with van der Waals surface area (Å²) in [5.74, 6) is 0. The molecule has 2 N–H and O–H groups in total. The van der Waals surface area contributed by atoms with Crippen molar-refractivity contribution in [3.8, 4) is 0 Å². The summed E-state index contributed by atoms with van der Waals surface area (Å²) in [6, 6.07) is 10.0. The summed E-state index contributed by atoms with van der Waals surface area (Å²) in [5, 5.41) is 16.6. The molecule has 0 aliphatic rings. The molecule has 0 amide bonds. The largest absolute Gasteiger partial charge is 0.392 e. The molecule has 0 bridgehead atoms. The van der Waals surface area contributed by atoms with Gasteiger partial charge in [-0.1, -0.05) is 24.3 Å². The third-order valence-corrected chi connectivity index (χ3v) is 2.94. The molecule has 4 heteroatoms. The predicted molar refractivity (Wildman–Crippen MR) is 70.8 cm³/mol. The summed E-state index contributed by atoms with van der Waals surface area (Å²) in [4.78, 5) is 0. The molecule has 1 heterocycles. The van der Waals surface area contributed by atoms with Gasteiger partial charge in [0.1, 0.15) is 0 Å². The van der Waals surface area contributed by atoms with Crippen LogP contribution in [-0.4, -0.2) is 14.9 Å². The van der Waals surface area contributed by atoms with Gasteiger partial charge in [-0.3, -0.25) is 4.68 Å². The van der Waals surface area contributed by atoms with Crippen molar-refractivity contribution in [3.05, 3.63) is 53.3 Å². The van der Waals surface area contributed by atoms with Crippen LogP contribution in [0.2, 0.25) is 0 Å². The van der Waals surface area contributed by atoms with Crippen molar-refractivity contribution in [2.24, 2.45) is 0 Å². The van der Waals surface area contributed by atoms with Crippen LogP contribution in [0.3, 0.4) is 0 Å². The highest BCUT2D eigenvalue weighted by atomic mass is 16.3. The second kappa shape index (κ2) is 6.33. The van der Waals surface area contributed by atoms with Gasteiger partial charge in [0, 0.05) is 25.8 Å². The first-order chi connectivity index (χ1) is 8.83. The van der Waals surface area contributed by atoms with Crippen molar-refractivity contribution in [1.82, 2.24) is 15.1 Å². The molecule has 0 saturated carbocycles. The van der Waals surface area contributed by atoms with Crippen LogP contribution in [0.5, 0.6) is 0 Å². The Balaban J connectivity index is 1.84. The first kappa shape index (κ1) is 12.8. The number of benzene rings is 1. The van der Waals surface area contributed by atoms with E-state index in [2.05, 4.69) is 17.3 Å². The Morgan fingerprint density at radius 2 is 1.83 bits per heavy atom. The van der Waals surface area contributed by atoms with E-state index >= 15 is 0 Å². The van der Waals surface area contributed by atoms with Crippen molar-refractivity contribution < 1.29 is 5.11 Å². The quantitative estimate of drug-likeness (QED) is 0.814. The van der Waals surface area contributed by atoms with E-state index in [1.54, 1.807) is 0 Å². The highest BCUT2D eigenvalue weighted by molar-refractivity contribution is 5.21. The maximum absolute atomic E-state index is 8.96. The minimum atomic E-state index is 0.101. The van der Waals surface area contributed by atoms with Crippen LogP contribution < -0.4 is 5.32 Å². The lowest BCUT2D eigenvalue weighted by Gasteiger charge is -2.07. The van der Waals surface area contributed by atoms with Crippen LogP contribution in [0.15, 0.2) is 36.5 Å². The third-order valence-electron chi connectivity index (χ3n) is 2.94. The molecule has 0 saturated heterocycles. The number of nitrogens with one attached hydrogen (secondary N) is 1. The van der Waals surface area contributed by atoms with Gasteiger partial charge in [-0.25, -0.2) is 0 Å². The average Bonchev–Trinajstić information content (AvgIpc) is 2.87. The fourth-order valence-corrected chi connectivity index (χ4v) is 1.89. The van der Waals surface area contributed by atoms with Gasteiger partial charge in [-0.05, 0) is 24.1 Å². The molecule has 18 heavy (non-hydrogen) atoms. The lowest BCUT2D eigenvalue weighted by molar-refractivity contribution is 0.282. The van der Waals surface area contributed by atoms with Crippen LogP contribution in [0.4, 0.5) is 0 Å².